The molecule has 1 fully saturated rings. The van der Waals surface area contributed by atoms with Crippen LogP contribution in [0, 0.1) is 6.92 Å². The van der Waals surface area contributed by atoms with Gasteiger partial charge in [0.25, 0.3) is 5.91 Å². The summed E-state index contributed by atoms with van der Waals surface area (Å²) < 4.78 is 39.8. The van der Waals surface area contributed by atoms with Gasteiger partial charge in [0, 0.05) is 24.3 Å². The Labute approximate surface area is 259 Å². The summed E-state index contributed by atoms with van der Waals surface area (Å²) in [5.74, 6) is 0.428. The number of amides is 2. The number of rotatable bonds is 11. The molecule has 0 radical (unpaired) electrons. The Morgan fingerprint density at radius 3 is 2.48 bits per heavy atom. The van der Waals surface area contributed by atoms with Gasteiger partial charge in [0.2, 0.25) is 15.9 Å². The molecule has 12 nitrogen and oxygen atoms in total. The normalized spacial score (nSPS) is 13.8. The van der Waals surface area contributed by atoms with Crippen molar-refractivity contribution < 1.29 is 27.5 Å². The number of nitrogens with zero attached hydrogens (tertiary/aromatic N) is 4. The minimum atomic E-state index is -3.67. The molecular formula is C30H32N6O6S2. The molecule has 1 aliphatic heterocycles. The van der Waals surface area contributed by atoms with Crippen LogP contribution in [0.3, 0.4) is 0 Å². The van der Waals surface area contributed by atoms with Crippen molar-refractivity contribution in [2.75, 3.05) is 44.5 Å². The third kappa shape index (κ3) is 7.27. The van der Waals surface area contributed by atoms with Crippen LogP contribution in [0.15, 0.2) is 82.8 Å². The van der Waals surface area contributed by atoms with E-state index in [1.807, 2.05) is 49.4 Å². The van der Waals surface area contributed by atoms with E-state index in [2.05, 4.69) is 20.8 Å². The summed E-state index contributed by atoms with van der Waals surface area (Å²) in [6, 6.07) is 20.6. The number of sulfonamides is 1. The number of aryl methyl sites for hydroxylation is 1. The minimum absolute atomic E-state index is 0.00770. The first-order chi connectivity index (χ1) is 21.3. The zero-order valence-electron chi connectivity index (χ0n) is 24.2. The number of hydrogen-bond acceptors (Lipinski definition) is 9. The summed E-state index contributed by atoms with van der Waals surface area (Å²) in [7, 11) is -2.12. The number of thioether (sulfide) groups is 1. The second kappa shape index (κ2) is 14.0. The van der Waals surface area contributed by atoms with Crippen LogP contribution < -0.4 is 15.4 Å². The first-order valence-corrected chi connectivity index (χ1v) is 16.2. The molecule has 3 aromatic carbocycles. The molecule has 4 aromatic rings. The molecule has 5 rings (SSSR count). The lowest BCUT2D eigenvalue weighted by Crippen LogP contribution is -2.40. The maximum atomic E-state index is 13.0. The maximum absolute atomic E-state index is 13.0. The highest BCUT2D eigenvalue weighted by atomic mass is 32.2. The van der Waals surface area contributed by atoms with Gasteiger partial charge in [-0.15, -0.1) is 10.2 Å². The SMILES string of the molecule is COc1ccccc1-n1c(CNC(=O)c2ccc(S(=O)(=O)N3CCOCC3)cc2)nnc1SCC(=O)Nc1cccc(C)c1. The Morgan fingerprint density at radius 2 is 1.75 bits per heavy atom. The molecule has 230 valence electrons. The van der Waals surface area contributed by atoms with Crippen LogP contribution in [0.4, 0.5) is 5.69 Å². The number of methoxy groups -OCH3 is 1. The molecule has 1 saturated heterocycles. The quantitative estimate of drug-likeness (QED) is 0.237. The highest BCUT2D eigenvalue weighted by Crippen LogP contribution is 2.29. The van der Waals surface area contributed by atoms with Crippen LogP contribution in [0.25, 0.3) is 5.69 Å². The standard InChI is InChI=1S/C30H32N6O6S2/c1-21-6-5-7-23(18-21)32-28(37)20-43-30-34-33-27(36(30)25-8-3-4-9-26(25)41-2)19-31-29(38)22-10-12-24(13-11-22)44(39,40)35-14-16-42-17-15-35/h3-13,18H,14-17,19-20H2,1-2H3,(H,31,38)(H,32,37). The van der Waals surface area contributed by atoms with E-state index in [-0.39, 0.29) is 41.8 Å². The van der Waals surface area contributed by atoms with Gasteiger partial charge in [-0.1, -0.05) is 36.0 Å². The first-order valence-electron chi connectivity index (χ1n) is 13.8. The first kappa shape index (κ1) is 31.2. The number of nitrogens with one attached hydrogen (secondary N) is 2. The smallest absolute Gasteiger partial charge is 0.251 e. The molecule has 14 heteroatoms. The van der Waals surface area contributed by atoms with Crippen molar-refractivity contribution in [3.63, 3.8) is 0 Å². The van der Waals surface area contributed by atoms with E-state index < -0.39 is 15.9 Å². The van der Waals surface area contributed by atoms with Gasteiger partial charge in [0.1, 0.15) is 5.75 Å². The van der Waals surface area contributed by atoms with Gasteiger partial charge in [-0.3, -0.25) is 14.2 Å². The van der Waals surface area contributed by atoms with Crippen LogP contribution in [0.5, 0.6) is 5.75 Å². The number of morpholine rings is 1. The Kier molecular flexibility index (Phi) is 9.95. The van der Waals surface area contributed by atoms with E-state index in [9.17, 15) is 18.0 Å². The lowest BCUT2D eigenvalue weighted by atomic mass is 10.2. The monoisotopic (exact) mass is 636 g/mol. The van der Waals surface area contributed by atoms with Crippen molar-refractivity contribution in [2.24, 2.45) is 0 Å². The van der Waals surface area contributed by atoms with E-state index in [4.69, 9.17) is 9.47 Å². The average Bonchev–Trinajstić information content (AvgIpc) is 3.45. The van der Waals surface area contributed by atoms with E-state index in [0.717, 1.165) is 5.56 Å². The molecule has 2 N–H and O–H groups in total. The molecule has 0 aliphatic carbocycles. The van der Waals surface area contributed by atoms with Gasteiger partial charge in [-0.25, -0.2) is 8.42 Å². The topological polar surface area (TPSA) is 145 Å². The number of carbonyl (C=O) groups is 2. The highest BCUT2D eigenvalue weighted by Gasteiger charge is 2.26. The van der Waals surface area contributed by atoms with Crippen LogP contribution in [0.1, 0.15) is 21.7 Å². The molecule has 1 aliphatic rings. The summed E-state index contributed by atoms with van der Waals surface area (Å²) in [5, 5.41) is 14.8. The van der Waals surface area contributed by atoms with Crippen molar-refractivity contribution in [1.29, 1.82) is 0 Å². The average molecular weight is 637 g/mol. The Morgan fingerprint density at radius 1 is 1.00 bits per heavy atom. The van der Waals surface area contributed by atoms with Gasteiger partial charge in [0.15, 0.2) is 11.0 Å². The van der Waals surface area contributed by atoms with E-state index in [0.29, 0.717) is 41.3 Å². The van der Waals surface area contributed by atoms with E-state index in [1.165, 1.54) is 40.3 Å². The minimum Gasteiger partial charge on any atom is -0.495 e. The summed E-state index contributed by atoms with van der Waals surface area (Å²) in [6.07, 6.45) is 0. The van der Waals surface area contributed by atoms with E-state index in [1.54, 1.807) is 17.7 Å². The predicted octanol–water partition coefficient (Wildman–Crippen LogP) is 3.27. The Bertz CT molecular complexity index is 1740. The van der Waals surface area contributed by atoms with Crippen LogP contribution in [0.2, 0.25) is 0 Å². The molecule has 0 unspecified atom stereocenters. The van der Waals surface area contributed by atoms with Gasteiger partial charge < -0.3 is 20.1 Å². The summed E-state index contributed by atoms with van der Waals surface area (Å²) in [6.45, 7) is 3.23. The lowest BCUT2D eigenvalue weighted by molar-refractivity contribution is -0.113. The van der Waals surface area contributed by atoms with Gasteiger partial charge in [-0.05, 0) is 61.0 Å². The number of anilines is 1. The van der Waals surface area contributed by atoms with Crippen LogP contribution >= 0.6 is 11.8 Å². The molecule has 0 spiro atoms. The number of hydrogen-bond donors (Lipinski definition) is 2. The maximum Gasteiger partial charge on any atom is 0.251 e. The summed E-state index contributed by atoms with van der Waals surface area (Å²) in [5.41, 5.74) is 2.67. The predicted molar refractivity (Wildman–Crippen MR) is 166 cm³/mol. The van der Waals surface area contributed by atoms with Crippen molar-refractivity contribution in [1.82, 2.24) is 24.4 Å². The fourth-order valence-corrected chi connectivity index (χ4v) is 6.76. The molecule has 0 atom stereocenters. The zero-order valence-corrected chi connectivity index (χ0v) is 25.9. The number of ether oxygens (including phenoxy) is 2. The van der Waals surface area contributed by atoms with Crippen molar-refractivity contribution in [3.8, 4) is 11.4 Å². The molecule has 0 bridgehead atoms. The van der Waals surface area contributed by atoms with Gasteiger partial charge in [0.05, 0.1) is 43.2 Å². The zero-order chi connectivity index (χ0) is 31.1. The van der Waals surface area contributed by atoms with Crippen LogP contribution in [-0.4, -0.2) is 78.5 Å². The largest absolute Gasteiger partial charge is 0.495 e. The highest BCUT2D eigenvalue weighted by molar-refractivity contribution is 7.99. The third-order valence-electron chi connectivity index (χ3n) is 6.79. The van der Waals surface area contributed by atoms with Crippen molar-refractivity contribution in [2.45, 2.75) is 23.5 Å². The Balaban J connectivity index is 1.30. The molecular weight excluding hydrogens is 604 g/mol. The number of aromatic nitrogens is 3. The number of para-hydroxylation sites is 2. The van der Waals surface area contributed by atoms with Crippen molar-refractivity contribution >= 4 is 39.3 Å². The fourth-order valence-electron chi connectivity index (χ4n) is 4.59. The molecule has 44 heavy (non-hydrogen) atoms. The van der Waals surface area contributed by atoms with Crippen LogP contribution in [-0.2, 0) is 26.1 Å². The number of benzene rings is 3. The molecule has 2 amide bonds. The number of carbonyl (C=O) groups excluding carboxylic acids is 2. The Hall–Kier alpha value is -4.24. The molecule has 1 aromatic heterocycles. The van der Waals surface area contributed by atoms with Gasteiger partial charge >= 0.3 is 0 Å². The fraction of sp³-hybridized carbons (Fsp3) is 0.267. The molecule has 0 saturated carbocycles. The lowest BCUT2D eigenvalue weighted by Gasteiger charge is -2.26. The van der Waals surface area contributed by atoms with E-state index >= 15 is 0 Å². The third-order valence-corrected chi connectivity index (χ3v) is 9.63. The second-order valence-electron chi connectivity index (χ2n) is 9.84. The summed E-state index contributed by atoms with van der Waals surface area (Å²) in [4.78, 5) is 25.9. The van der Waals surface area contributed by atoms with Gasteiger partial charge in [-0.2, -0.15) is 4.31 Å². The second-order valence-corrected chi connectivity index (χ2v) is 12.7. The molecule has 2 heterocycles. The van der Waals surface area contributed by atoms with Crippen molar-refractivity contribution in [3.05, 3.63) is 89.7 Å². The summed E-state index contributed by atoms with van der Waals surface area (Å²) >= 11 is 1.20.